The van der Waals surface area contributed by atoms with Crippen molar-refractivity contribution < 1.29 is 28.7 Å². The summed E-state index contributed by atoms with van der Waals surface area (Å²) in [7, 11) is 0. The maximum atomic E-state index is 14.0. The summed E-state index contributed by atoms with van der Waals surface area (Å²) >= 11 is 0. The van der Waals surface area contributed by atoms with Gasteiger partial charge < -0.3 is 25.0 Å². The van der Waals surface area contributed by atoms with E-state index in [2.05, 4.69) is 10.6 Å². The largest absolute Gasteiger partial charge is 0.466 e. The molecule has 1 rings (SSSR count). The van der Waals surface area contributed by atoms with E-state index >= 15 is 0 Å². The van der Waals surface area contributed by atoms with Crippen LogP contribution in [0.1, 0.15) is 91.0 Å². The molecule has 208 valence electrons. The summed E-state index contributed by atoms with van der Waals surface area (Å²) in [5.41, 5.74) is 0.926. The molecule has 9 heteroatoms. The smallest absolute Gasteiger partial charge is 0.408 e. The van der Waals surface area contributed by atoms with Crippen LogP contribution in [0, 0.1) is 13.8 Å². The fourth-order valence-corrected chi connectivity index (χ4v) is 3.95. The Morgan fingerprint density at radius 2 is 1.57 bits per heavy atom. The fraction of sp³-hybridized carbons (Fsp3) is 0.643. The van der Waals surface area contributed by atoms with Gasteiger partial charge in [-0.15, -0.1) is 0 Å². The van der Waals surface area contributed by atoms with Crippen LogP contribution < -0.4 is 10.6 Å². The molecule has 0 aromatic heterocycles. The molecule has 0 saturated heterocycles. The van der Waals surface area contributed by atoms with Gasteiger partial charge in [0.2, 0.25) is 11.8 Å². The standard InChI is InChI=1S/C28H45N3O6/c1-11-28(9,10)31(25(34)20(5)30-26(35)37-27(6,7)8)23(22-18(3)14-13-15-19(22)4)24(33)29-17-16-21(32)36-12-2/h13-15,20,23H,11-12,16-17H2,1-10H3,(H,29,33)(H,30,35). The Labute approximate surface area is 221 Å². The van der Waals surface area contributed by atoms with E-state index in [0.717, 1.165) is 11.1 Å². The van der Waals surface area contributed by atoms with Crippen molar-refractivity contribution in [1.29, 1.82) is 0 Å². The van der Waals surface area contributed by atoms with Gasteiger partial charge in [-0.05, 0) is 85.4 Å². The highest BCUT2D eigenvalue weighted by molar-refractivity contribution is 5.93. The summed E-state index contributed by atoms with van der Waals surface area (Å²) in [6.45, 7) is 18.3. The van der Waals surface area contributed by atoms with Gasteiger partial charge >= 0.3 is 12.1 Å². The molecular weight excluding hydrogens is 474 g/mol. The van der Waals surface area contributed by atoms with E-state index in [0.29, 0.717) is 12.0 Å². The summed E-state index contributed by atoms with van der Waals surface area (Å²) in [4.78, 5) is 53.5. The predicted octanol–water partition coefficient (Wildman–Crippen LogP) is 4.34. The van der Waals surface area contributed by atoms with E-state index in [1.165, 1.54) is 0 Å². The second kappa shape index (κ2) is 13.4. The number of aryl methyl sites for hydroxylation is 2. The summed E-state index contributed by atoms with van der Waals surface area (Å²) in [5.74, 6) is -1.25. The molecule has 0 aliphatic carbocycles. The third-order valence-electron chi connectivity index (χ3n) is 6.11. The number of hydrogen-bond donors (Lipinski definition) is 2. The van der Waals surface area contributed by atoms with Crippen LogP contribution in [0.15, 0.2) is 18.2 Å². The molecule has 2 atom stereocenters. The van der Waals surface area contributed by atoms with Crippen LogP contribution in [0.5, 0.6) is 0 Å². The summed E-state index contributed by atoms with van der Waals surface area (Å²) in [6.07, 6.45) is -0.152. The number of carbonyl (C=O) groups is 4. The highest BCUT2D eigenvalue weighted by Gasteiger charge is 2.43. The SMILES string of the molecule is CCOC(=O)CCNC(=O)C(c1c(C)cccc1C)N(C(=O)C(C)NC(=O)OC(C)(C)C)C(C)(C)CC. The van der Waals surface area contributed by atoms with Gasteiger partial charge in [0.25, 0.3) is 0 Å². The molecule has 0 spiro atoms. The van der Waals surface area contributed by atoms with Gasteiger partial charge in [0.05, 0.1) is 13.0 Å². The maximum absolute atomic E-state index is 14.0. The van der Waals surface area contributed by atoms with Crippen molar-refractivity contribution in [2.75, 3.05) is 13.2 Å². The molecule has 1 aromatic rings. The van der Waals surface area contributed by atoms with Gasteiger partial charge in [0.15, 0.2) is 0 Å². The van der Waals surface area contributed by atoms with E-state index in [4.69, 9.17) is 9.47 Å². The van der Waals surface area contributed by atoms with Crippen molar-refractivity contribution in [3.05, 3.63) is 34.9 Å². The minimum Gasteiger partial charge on any atom is -0.466 e. The number of nitrogens with one attached hydrogen (secondary N) is 2. The average molecular weight is 520 g/mol. The van der Waals surface area contributed by atoms with Crippen molar-refractivity contribution in [3.8, 4) is 0 Å². The van der Waals surface area contributed by atoms with Crippen LogP contribution in [0.2, 0.25) is 0 Å². The minimum atomic E-state index is -0.992. The zero-order valence-electron chi connectivity index (χ0n) is 24.1. The number of hydrogen-bond acceptors (Lipinski definition) is 6. The second-order valence-electron chi connectivity index (χ2n) is 10.8. The molecular formula is C28H45N3O6. The zero-order valence-corrected chi connectivity index (χ0v) is 24.1. The number of alkyl carbamates (subject to hydrolysis) is 1. The Morgan fingerprint density at radius 3 is 2.05 bits per heavy atom. The van der Waals surface area contributed by atoms with Crippen LogP contribution in [0.4, 0.5) is 4.79 Å². The Bertz CT molecular complexity index is 947. The molecule has 37 heavy (non-hydrogen) atoms. The number of benzene rings is 1. The first-order valence-corrected chi connectivity index (χ1v) is 12.9. The summed E-state index contributed by atoms with van der Waals surface area (Å²) < 4.78 is 10.3. The van der Waals surface area contributed by atoms with E-state index in [9.17, 15) is 19.2 Å². The molecule has 0 aliphatic heterocycles. The molecule has 0 radical (unpaired) electrons. The molecule has 1 aromatic carbocycles. The zero-order chi connectivity index (χ0) is 28.6. The van der Waals surface area contributed by atoms with Crippen LogP contribution in [-0.4, -0.2) is 59.1 Å². The van der Waals surface area contributed by atoms with Crippen LogP contribution in [-0.2, 0) is 23.9 Å². The van der Waals surface area contributed by atoms with Crippen molar-refractivity contribution >= 4 is 23.9 Å². The van der Waals surface area contributed by atoms with Gasteiger partial charge in [-0.25, -0.2) is 4.79 Å². The topological polar surface area (TPSA) is 114 Å². The van der Waals surface area contributed by atoms with Crippen LogP contribution in [0.3, 0.4) is 0 Å². The predicted molar refractivity (Wildman–Crippen MR) is 143 cm³/mol. The molecule has 0 fully saturated rings. The second-order valence-corrected chi connectivity index (χ2v) is 10.8. The lowest BCUT2D eigenvalue weighted by molar-refractivity contribution is -0.149. The van der Waals surface area contributed by atoms with E-state index in [1.54, 1.807) is 39.5 Å². The van der Waals surface area contributed by atoms with Crippen molar-refractivity contribution in [2.24, 2.45) is 0 Å². The molecule has 2 unspecified atom stereocenters. The Balaban J connectivity index is 3.49. The monoisotopic (exact) mass is 519 g/mol. The van der Waals surface area contributed by atoms with E-state index < -0.39 is 47.1 Å². The number of amides is 3. The first-order valence-electron chi connectivity index (χ1n) is 12.9. The van der Waals surface area contributed by atoms with Crippen molar-refractivity contribution in [3.63, 3.8) is 0 Å². The maximum Gasteiger partial charge on any atom is 0.408 e. The summed E-state index contributed by atoms with van der Waals surface area (Å²) in [5, 5.41) is 5.44. The third kappa shape index (κ3) is 9.37. The number of esters is 1. The number of ether oxygens (including phenoxy) is 2. The number of rotatable bonds is 11. The molecule has 0 saturated carbocycles. The molecule has 0 bridgehead atoms. The average Bonchev–Trinajstić information content (AvgIpc) is 2.76. The van der Waals surface area contributed by atoms with Gasteiger partial charge in [0, 0.05) is 12.1 Å². The highest BCUT2D eigenvalue weighted by atomic mass is 16.6. The fourth-order valence-electron chi connectivity index (χ4n) is 3.95. The minimum absolute atomic E-state index is 0.0147. The highest BCUT2D eigenvalue weighted by Crippen LogP contribution is 2.35. The quantitative estimate of drug-likeness (QED) is 0.420. The first kappa shape index (κ1) is 31.9. The molecule has 3 amide bonds. The lowest BCUT2D eigenvalue weighted by Crippen LogP contribution is -2.59. The molecule has 9 nitrogen and oxygen atoms in total. The van der Waals surface area contributed by atoms with Gasteiger partial charge in [-0.2, -0.15) is 0 Å². The van der Waals surface area contributed by atoms with Gasteiger partial charge in [-0.3, -0.25) is 14.4 Å². The number of nitrogens with zero attached hydrogens (tertiary/aromatic N) is 1. The third-order valence-corrected chi connectivity index (χ3v) is 6.11. The molecule has 0 aliphatic rings. The summed E-state index contributed by atoms with van der Waals surface area (Å²) in [6, 6.07) is 3.73. The lowest BCUT2D eigenvalue weighted by atomic mass is 9.88. The van der Waals surface area contributed by atoms with Crippen molar-refractivity contribution in [1.82, 2.24) is 15.5 Å². The molecule has 2 N–H and O–H groups in total. The van der Waals surface area contributed by atoms with E-state index in [1.807, 2.05) is 52.8 Å². The Kier molecular flexibility index (Phi) is 11.6. The normalized spacial score (nSPS) is 13.2. The van der Waals surface area contributed by atoms with Crippen LogP contribution in [0.25, 0.3) is 0 Å². The molecule has 0 heterocycles. The van der Waals surface area contributed by atoms with Gasteiger partial charge in [0.1, 0.15) is 17.7 Å². The lowest BCUT2D eigenvalue weighted by Gasteiger charge is -2.45. The van der Waals surface area contributed by atoms with E-state index in [-0.39, 0.29) is 19.6 Å². The Morgan fingerprint density at radius 1 is 1.00 bits per heavy atom. The first-order chi connectivity index (χ1) is 17.1. The van der Waals surface area contributed by atoms with Crippen LogP contribution >= 0.6 is 0 Å². The van der Waals surface area contributed by atoms with Crippen molar-refractivity contribution in [2.45, 2.75) is 105 Å². The Hall–Kier alpha value is -3.10. The number of carbonyl (C=O) groups excluding carboxylic acids is 4. The van der Waals surface area contributed by atoms with Gasteiger partial charge in [-0.1, -0.05) is 25.1 Å².